The number of nitrogens with one attached hydrogen (secondary N) is 1. The predicted molar refractivity (Wildman–Crippen MR) is 68.1 cm³/mol. The van der Waals surface area contributed by atoms with Crippen molar-refractivity contribution >= 4 is 28.7 Å². The lowest BCUT2D eigenvalue weighted by Crippen LogP contribution is -2.41. The summed E-state index contributed by atoms with van der Waals surface area (Å²) >= 11 is 0. The molecule has 102 valence electrons. The average molecular weight is 273 g/mol. The Morgan fingerprint density at radius 1 is 1.40 bits per heavy atom. The zero-order chi connectivity index (χ0) is 14.3. The van der Waals surface area contributed by atoms with Crippen molar-refractivity contribution in [3.05, 3.63) is 30.0 Å². The summed E-state index contributed by atoms with van der Waals surface area (Å²) in [6.07, 6.45) is 2.35. The second-order valence-corrected chi connectivity index (χ2v) is 4.65. The molecule has 1 aromatic carbocycles. The second kappa shape index (κ2) is 4.44. The zero-order valence-corrected chi connectivity index (χ0v) is 10.4. The molecule has 0 spiro atoms. The Morgan fingerprint density at radius 2 is 2.20 bits per heavy atom. The third-order valence-electron chi connectivity index (χ3n) is 3.30. The summed E-state index contributed by atoms with van der Waals surface area (Å²) in [5.74, 6) is -1.69. The molecule has 3 rings (SSSR count). The lowest BCUT2D eigenvalue weighted by atomic mass is 10.1. The van der Waals surface area contributed by atoms with Gasteiger partial charge in [-0.15, -0.1) is 0 Å². The molecule has 20 heavy (non-hydrogen) atoms. The number of hydrogen-bond acceptors (Lipinski definition) is 4. The second-order valence-electron chi connectivity index (χ2n) is 4.65. The number of aromatic carboxylic acids is 1. The van der Waals surface area contributed by atoms with Crippen LogP contribution in [0.1, 0.15) is 29.2 Å². The Labute approximate surface area is 113 Å². The van der Waals surface area contributed by atoms with Crippen molar-refractivity contribution < 1.29 is 19.5 Å². The number of carboxylic acid groups (broad SMARTS) is 1. The van der Waals surface area contributed by atoms with E-state index in [-0.39, 0.29) is 23.8 Å². The van der Waals surface area contributed by atoms with Crippen LogP contribution < -0.4 is 5.32 Å². The van der Waals surface area contributed by atoms with Crippen molar-refractivity contribution in [3.8, 4) is 0 Å². The van der Waals surface area contributed by atoms with Crippen molar-refractivity contribution in [2.75, 3.05) is 0 Å². The number of fused-ring (bicyclic) bond motifs is 1. The molecule has 7 heteroatoms. The van der Waals surface area contributed by atoms with E-state index in [0.717, 1.165) is 5.39 Å². The van der Waals surface area contributed by atoms with Crippen LogP contribution in [-0.2, 0) is 9.59 Å². The lowest BCUT2D eigenvalue weighted by molar-refractivity contribution is -0.135. The molecule has 1 saturated heterocycles. The summed E-state index contributed by atoms with van der Waals surface area (Å²) in [7, 11) is 0. The summed E-state index contributed by atoms with van der Waals surface area (Å²) in [4.78, 5) is 33.8. The number of carboxylic acids is 1. The van der Waals surface area contributed by atoms with Crippen molar-refractivity contribution in [1.29, 1.82) is 0 Å². The van der Waals surface area contributed by atoms with Crippen LogP contribution in [0.5, 0.6) is 0 Å². The molecule has 1 aliphatic heterocycles. The third-order valence-corrected chi connectivity index (χ3v) is 3.30. The van der Waals surface area contributed by atoms with Gasteiger partial charge in [-0.05, 0) is 18.6 Å². The molecule has 2 aromatic rings. The van der Waals surface area contributed by atoms with Crippen LogP contribution in [-0.4, -0.2) is 32.7 Å². The number of carbonyl (C=O) groups excluding carboxylic acids is 2. The smallest absolute Gasteiger partial charge is 0.335 e. The summed E-state index contributed by atoms with van der Waals surface area (Å²) in [5.41, 5.74) is 0.653. The summed E-state index contributed by atoms with van der Waals surface area (Å²) < 4.78 is 1.48. The minimum absolute atomic E-state index is 0.144. The number of carbonyl (C=O) groups is 3. The Kier molecular flexibility index (Phi) is 2.74. The predicted octanol–water partition coefficient (Wildman–Crippen LogP) is 0.712. The number of imide groups is 1. The number of piperidine rings is 1. The maximum Gasteiger partial charge on any atom is 0.335 e. The fourth-order valence-electron chi connectivity index (χ4n) is 2.26. The molecular formula is C13H11N3O4. The van der Waals surface area contributed by atoms with Crippen LogP contribution >= 0.6 is 0 Å². The van der Waals surface area contributed by atoms with Crippen LogP contribution in [0.15, 0.2) is 24.4 Å². The first-order valence-electron chi connectivity index (χ1n) is 6.10. The Hall–Kier alpha value is -2.70. The van der Waals surface area contributed by atoms with Gasteiger partial charge in [-0.2, -0.15) is 5.10 Å². The van der Waals surface area contributed by atoms with E-state index in [4.69, 9.17) is 5.11 Å². The Bertz CT molecular complexity index is 734. The van der Waals surface area contributed by atoms with E-state index in [1.165, 1.54) is 16.8 Å². The van der Waals surface area contributed by atoms with E-state index < -0.39 is 12.0 Å². The van der Waals surface area contributed by atoms with E-state index in [0.29, 0.717) is 11.9 Å². The normalized spacial score (nSPS) is 19.1. The van der Waals surface area contributed by atoms with Gasteiger partial charge < -0.3 is 5.11 Å². The summed E-state index contributed by atoms with van der Waals surface area (Å²) in [5, 5.41) is 16.2. The molecule has 1 unspecified atom stereocenters. The molecule has 1 atom stereocenters. The average Bonchev–Trinajstić information content (AvgIpc) is 2.80. The van der Waals surface area contributed by atoms with Crippen LogP contribution in [0.2, 0.25) is 0 Å². The van der Waals surface area contributed by atoms with E-state index >= 15 is 0 Å². The number of rotatable bonds is 2. The van der Waals surface area contributed by atoms with Gasteiger partial charge in [0.2, 0.25) is 5.91 Å². The van der Waals surface area contributed by atoms with Crippen molar-refractivity contribution in [2.24, 2.45) is 0 Å². The van der Waals surface area contributed by atoms with Crippen molar-refractivity contribution in [3.63, 3.8) is 0 Å². The van der Waals surface area contributed by atoms with E-state index in [9.17, 15) is 14.4 Å². The number of amides is 2. The van der Waals surface area contributed by atoms with Crippen LogP contribution in [0.25, 0.3) is 10.9 Å². The highest BCUT2D eigenvalue weighted by Crippen LogP contribution is 2.22. The van der Waals surface area contributed by atoms with Gasteiger partial charge in [-0.25, -0.2) is 4.79 Å². The summed E-state index contributed by atoms with van der Waals surface area (Å²) in [6, 6.07) is 4.06. The number of aromatic nitrogens is 2. The number of nitrogens with zero attached hydrogens (tertiary/aromatic N) is 2. The molecule has 0 radical (unpaired) electrons. The molecule has 2 amide bonds. The van der Waals surface area contributed by atoms with Gasteiger partial charge >= 0.3 is 5.97 Å². The van der Waals surface area contributed by atoms with Gasteiger partial charge in [0.15, 0.2) is 0 Å². The molecule has 2 N–H and O–H groups in total. The minimum Gasteiger partial charge on any atom is -0.478 e. The van der Waals surface area contributed by atoms with E-state index in [2.05, 4.69) is 10.4 Å². The van der Waals surface area contributed by atoms with Crippen LogP contribution in [0.3, 0.4) is 0 Å². The van der Waals surface area contributed by atoms with Crippen molar-refractivity contribution in [2.45, 2.75) is 18.9 Å². The first kappa shape index (κ1) is 12.3. The molecular weight excluding hydrogens is 262 g/mol. The number of benzene rings is 1. The molecule has 1 fully saturated rings. The van der Waals surface area contributed by atoms with E-state index in [1.807, 2.05) is 0 Å². The van der Waals surface area contributed by atoms with Crippen LogP contribution in [0, 0.1) is 0 Å². The monoisotopic (exact) mass is 273 g/mol. The molecule has 0 bridgehead atoms. The highest BCUT2D eigenvalue weighted by Gasteiger charge is 2.28. The van der Waals surface area contributed by atoms with E-state index in [1.54, 1.807) is 12.3 Å². The van der Waals surface area contributed by atoms with Crippen LogP contribution in [0.4, 0.5) is 0 Å². The minimum atomic E-state index is -1.03. The van der Waals surface area contributed by atoms with Gasteiger partial charge in [0.05, 0.1) is 11.1 Å². The molecule has 1 aromatic heterocycles. The lowest BCUT2D eigenvalue weighted by Gasteiger charge is -2.20. The quantitative estimate of drug-likeness (QED) is 0.785. The zero-order valence-electron chi connectivity index (χ0n) is 10.4. The highest BCUT2D eigenvalue weighted by atomic mass is 16.4. The first-order chi connectivity index (χ1) is 9.54. The molecule has 1 aliphatic rings. The fourth-order valence-corrected chi connectivity index (χ4v) is 2.26. The number of hydrogen-bond donors (Lipinski definition) is 2. The molecule has 7 nitrogen and oxygen atoms in total. The molecule has 2 heterocycles. The topological polar surface area (TPSA) is 101 Å². The van der Waals surface area contributed by atoms with Gasteiger partial charge in [0.1, 0.15) is 6.04 Å². The van der Waals surface area contributed by atoms with Gasteiger partial charge in [-0.1, -0.05) is 6.07 Å². The maximum absolute atomic E-state index is 11.8. The highest BCUT2D eigenvalue weighted by molar-refractivity contribution is 5.99. The largest absolute Gasteiger partial charge is 0.478 e. The first-order valence-corrected chi connectivity index (χ1v) is 6.10. The molecule has 0 aliphatic carbocycles. The SMILES string of the molecule is O=C1CCC(n2cc3ccc(C(=O)O)cc3n2)C(=O)N1. The third kappa shape index (κ3) is 2.03. The van der Waals surface area contributed by atoms with Gasteiger partial charge in [0.25, 0.3) is 5.91 Å². The Balaban J connectivity index is 1.98. The maximum atomic E-state index is 11.8. The summed E-state index contributed by atoms with van der Waals surface area (Å²) in [6.45, 7) is 0. The fraction of sp³-hybridized carbons (Fsp3) is 0.231. The van der Waals surface area contributed by atoms with Gasteiger partial charge in [0, 0.05) is 18.0 Å². The molecule has 0 saturated carbocycles. The van der Waals surface area contributed by atoms with Gasteiger partial charge in [-0.3, -0.25) is 19.6 Å². The standard InChI is InChI=1S/C13H11N3O4/c17-11-4-3-10(12(18)14-11)16-6-8-2-1-7(13(19)20)5-9(8)15-16/h1-2,5-6,10H,3-4H2,(H,19,20)(H,14,17,18). The Morgan fingerprint density at radius 3 is 2.90 bits per heavy atom. The van der Waals surface area contributed by atoms with Crippen molar-refractivity contribution in [1.82, 2.24) is 15.1 Å².